The van der Waals surface area contributed by atoms with Crippen LogP contribution in [0.3, 0.4) is 0 Å². The molecule has 0 spiro atoms. The van der Waals surface area contributed by atoms with E-state index >= 15 is 0 Å². The van der Waals surface area contributed by atoms with Gasteiger partial charge in [-0.25, -0.2) is 33.2 Å². The molecule has 6 atom stereocenters. The first-order valence-electron chi connectivity index (χ1n) is 45.4. The highest BCUT2D eigenvalue weighted by atomic mass is 35.5. The number of carbonyl (C=O) groups is 18. The fraction of sp³-hybridized carbons (Fsp3) is 0.438. The number of halogens is 3. The molecular weight excluding hydrogens is 1880 g/mol. The minimum atomic E-state index is -1.40. The second kappa shape index (κ2) is 52.4. The summed E-state index contributed by atoms with van der Waals surface area (Å²) in [6.45, 7) is 18.4. The van der Waals surface area contributed by atoms with Gasteiger partial charge in [0.2, 0.25) is 0 Å². The molecule has 0 saturated heterocycles. The fourth-order valence-corrected chi connectivity index (χ4v) is 17.1. The molecule has 12 rings (SSSR count). The number of hydrogen-bond acceptors (Lipinski definition) is 30. The van der Waals surface area contributed by atoms with Crippen molar-refractivity contribution in [2.24, 2.45) is 0 Å². The maximum absolute atomic E-state index is 14.3. The van der Waals surface area contributed by atoms with Crippen LogP contribution < -0.4 is 27.9 Å². The van der Waals surface area contributed by atoms with Crippen molar-refractivity contribution in [2.45, 2.75) is 272 Å². The summed E-state index contributed by atoms with van der Waals surface area (Å²) in [5.41, 5.74) is 6.08. The number of carboxylic acids is 6. The Morgan fingerprint density at radius 3 is 0.858 bits per heavy atom. The Hall–Kier alpha value is -12.4. The molecule has 0 fully saturated rings. The van der Waals surface area contributed by atoms with Gasteiger partial charge in [0.25, 0.3) is 0 Å². The van der Waals surface area contributed by atoms with Crippen molar-refractivity contribution in [2.75, 3.05) is 0 Å². The van der Waals surface area contributed by atoms with E-state index in [1.165, 1.54) is 66.7 Å². The Labute approximate surface area is 823 Å². The number of rotatable bonds is 36. The van der Waals surface area contributed by atoms with Gasteiger partial charge in [-0.15, -0.1) is 0 Å². The van der Waals surface area contributed by atoms with Crippen LogP contribution in [0.25, 0.3) is 0 Å². The Bertz CT molecular complexity index is 5640. The lowest BCUT2D eigenvalue weighted by atomic mass is 9.64. The average Bonchev–Trinajstić information content (AvgIpc) is 0.815. The van der Waals surface area contributed by atoms with Crippen LogP contribution in [0.2, 0.25) is 44.9 Å². The van der Waals surface area contributed by atoms with E-state index in [-0.39, 0.29) is 283 Å². The van der Waals surface area contributed by atoms with Crippen LogP contribution in [-0.4, -0.2) is 209 Å². The number of Topliss-reactive ketones (excluding diaryl/α,β-unsaturated/α-hetero) is 12. The second-order valence-corrected chi connectivity index (χ2v) is 37.0. The van der Waals surface area contributed by atoms with Gasteiger partial charge in [-0.3, -0.25) is 28.8 Å². The minimum absolute atomic E-state index is 0.00386. The zero-order valence-electron chi connectivity index (χ0n) is 79.9. The average molecular weight is 2000 g/mol. The molecule has 0 aliphatic carbocycles. The number of carbonyl (C=O) groups excluding carboxylic acids is 12. The van der Waals surface area contributed by atoms with E-state index in [1.54, 1.807) is 65.0 Å². The fourth-order valence-electron chi connectivity index (χ4n) is 16.7. The van der Waals surface area contributed by atoms with E-state index in [9.17, 15) is 151 Å². The number of benzene rings is 6. The summed E-state index contributed by atoms with van der Waals surface area (Å²) in [5.74, 6) is -11.4. The zero-order valence-corrected chi connectivity index (χ0v) is 81.4. The van der Waals surface area contributed by atoms with Gasteiger partial charge < -0.3 is 117 Å². The van der Waals surface area contributed by atoms with Gasteiger partial charge in [-0.05, 0) is 208 Å². The number of ketones is 12. The Morgan fingerprint density at radius 2 is 0.553 bits per heavy atom. The third-order valence-electron chi connectivity index (χ3n) is 24.1. The van der Waals surface area contributed by atoms with Crippen molar-refractivity contribution < 1.29 is 179 Å². The van der Waals surface area contributed by atoms with Crippen LogP contribution >= 0.6 is 23.2 Å². The van der Waals surface area contributed by atoms with E-state index in [0.29, 0.717) is 73.8 Å². The Balaban J connectivity index is 0.000000230. The van der Waals surface area contributed by atoms with Crippen molar-refractivity contribution in [1.29, 1.82) is 0 Å². The highest BCUT2D eigenvalue weighted by molar-refractivity contribution is 6.50. The lowest BCUT2D eigenvalue weighted by Gasteiger charge is -2.29. The molecule has 0 unspecified atom stereocenters. The van der Waals surface area contributed by atoms with Gasteiger partial charge in [0, 0.05) is 167 Å². The molecule has 750 valence electrons. The minimum Gasteiger partial charge on any atom is -0.535 e. The van der Waals surface area contributed by atoms with Crippen molar-refractivity contribution in [1.82, 2.24) is 0 Å². The molecule has 6 aromatic rings. The zero-order chi connectivity index (χ0) is 105. The molecule has 36 nitrogen and oxygen atoms in total. The number of fused-ring (bicyclic) bond motifs is 6. The standard InChI is InChI=1S/2C16H18BClO6.C16H18BFO6.3C16H19BO6/c1-8-5-13(16(21)22)15-12(14(8)18)7-10(17(23)24-15)6-11(20)4-3-9(2)19;1-8(19)3-4-12(20)7-11-5-10-6-13(18)9(2)14(16(21)22)15(10)24-17(11)23;1-8-5-13(16(21)22)15-12(14(8)18)7-10(17(23)24-15)6-11(20)4-3-9(2)19;1-9-3-5-11-7-12(8-13(19)6-4-10(2)18)17(22)23-15(11)14(9)16(20)21;2*1-9-5-11-7-12(8-13(19)4-3-10(2)18)17(22)23-15(11)14(6-9)16(20)21/h5,10,23H,3-4,6-7H2,1-2H3,(H,21,22);6,11,23H,3-5,7H2,1-2H3,(H,21,22);5,10,23H,3-4,6-7H2,1-2H3,(H,21,22);3,5,12,22H,4,6-8H2,1-2H3,(H,20,21);2*5-6,12,22H,3-4,7-8H2,1-2H3,(H,20,21)/t10-;11-;10-;3*12-/m010111/s1. The van der Waals surface area contributed by atoms with Gasteiger partial charge in [0.1, 0.15) is 143 Å². The van der Waals surface area contributed by atoms with Gasteiger partial charge in [0.15, 0.2) is 0 Å². The van der Waals surface area contributed by atoms with E-state index in [1.807, 2.05) is 0 Å². The van der Waals surface area contributed by atoms with Crippen molar-refractivity contribution in [3.05, 3.63) is 171 Å². The maximum Gasteiger partial charge on any atom is 0.526 e. The highest BCUT2D eigenvalue weighted by Crippen LogP contribution is 2.47. The summed E-state index contributed by atoms with van der Waals surface area (Å²) in [6, 6.07) is 14.2. The Morgan fingerprint density at radius 1 is 0.298 bits per heavy atom. The van der Waals surface area contributed by atoms with Crippen LogP contribution in [-0.2, 0) is 96.1 Å². The first-order valence-corrected chi connectivity index (χ1v) is 46.1. The number of hydrogen-bond donors (Lipinski definition) is 12. The summed E-state index contributed by atoms with van der Waals surface area (Å²) >= 11 is 12.3. The predicted octanol–water partition coefficient (Wildman–Crippen LogP) is 12.3. The Kier molecular flexibility index (Phi) is 43.0. The molecule has 6 heterocycles. The van der Waals surface area contributed by atoms with Crippen LogP contribution in [0.1, 0.15) is 286 Å². The maximum atomic E-state index is 14.3. The molecule has 141 heavy (non-hydrogen) atoms. The van der Waals surface area contributed by atoms with Crippen LogP contribution in [0.15, 0.2) is 54.6 Å². The van der Waals surface area contributed by atoms with Gasteiger partial charge in [-0.1, -0.05) is 47.5 Å². The summed E-state index contributed by atoms with van der Waals surface area (Å²) in [5, 5.41) is 117. The monoisotopic (exact) mass is 1990 g/mol. The molecule has 6 aliphatic heterocycles. The van der Waals surface area contributed by atoms with Crippen LogP contribution in [0.4, 0.5) is 4.39 Å². The molecule has 45 heteroatoms. The molecule has 6 aromatic carbocycles. The van der Waals surface area contributed by atoms with E-state index in [2.05, 4.69) is 0 Å². The number of carboxylic acid groups (broad SMARTS) is 6. The van der Waals surface area contributed by atoms with Crippen LogP contribution in [0, 0.1) is 47.4 Å². The van der Waals surface area contributed by atoms with E-state index in [0.717, 1.165) is 17.2 Å². The molecule has 12 N–H and O–H groups in total. The number of aryl methyl sites for hydroxylation is 5. The van der Waals surface area contributed by atoms with E-state index < -0.39 is 119 Å². The normalized spacial score (nSPS) is 16.4. The van der Waals surface area contributed by atoms with Crippen molar-refractivity contribution in [3.63, 3.8) is 0 Å². The predicted molar refractivity (Wildman–Crippen MR) is 512 cm³/mol. The lowest BCUT2D eigenvalue weighted by molar-refractivity contribution is -0.123. The summed E-state index contributed by atoms with van der Waals surface area (Å²) in [6.07, 6.45) is 3.76. The third-order valence-corrected chi connectivity index (χ3v) is 25.1. The first kappa shape index (κ1) is 116. The summed E-state index contributed by atoms with van der Waals surface area (Å²) < 4.78 is 46.5. The molecular formula is C96H111B6Cl2FO36. The largest absolute Gasteiger partial charge is 0.535 e. The summed E-state index contributed by atoms with van der Waals surface area (Å²) in [4.78, 5) is 205. The highest BCUT2D eigenvalue weighted by Gasteiger charge is 2.46. The quantitative estimate of drug-likeness (QED) is 0.0163. The van der Waals surface area contributed by atoms with Gasteiger partial charge >= 0.3 is 78.5 Å². The summed E-state index contributed by atoms with van der Waals surface area (Å²) in [7, 11) is -7.68. The molecule has 0 aromatic heterocycles. The molecule has 0 radical (unpaired) electrons. The van der Waals surface area contributed by atoms with Gasteiger partial charge in [-0.2, -0.15) is 0 Å². The second-order valence-electron chi connectivity index (χ2n) is 36.3. The van der Waals surface area contributed by atoms with E-state index in [4.69, 9.17) is 51.1 Å². The third kappa shape index (κ3) is 33.1. The molecule has 0 saturated carbocycles. The number of aromatic carboxylic acids is 6. The topological polar surface area (TPSA) is 605 Å². The van der Waals surface area contributed by atoms with Crippen LogP contribution in [0.5, 0.6) is 34.5 Å². The smallest absolute Gasteiger partial charge is 0.526 e. The SMILES string of the molecule is CC(=O)CCC(=O)C[C@H]1Cc2c(Cl)c(C)cc(C(=O)O)c2OB1O.CC(=O)CCC(=O)C[C@H]1Cc2c(F)c(C)cc(C(=O)O)c2OB1O.CC(=O)CCC(=O)C[C@H]1Cc2cc(C)cc(C(=O)O)c2OB1O.CC(=O)CCC(=O)C[C@H]1Cc2cc(C)cc(C(=O)O)c2OB1O.CC(=O)CCC(=O)C[C@H]1Cc2cc(Cl)c(C)c(C(=O)O)c2OB1O.CC(=O)CCC(=O)C[C@H]1Cc2ccc(C)c(C(=O)O)c2OB1O. The molecule has 0 amide bonds. The first-order chi connectivity index (χ1) is 65.9. The molecule has 0 bridgehead atoms. The van der Waals surface area contributed by atoms with Gasteiger partial charge in [0.05, 0.1) is 5.02 Å². The lowest BCUT2D eigenvalue weighted by Crippen LogP contribution is -2.36. The van der Waals surface area contributed by atoms with Crippen molar-refractivity contribution >= 4 is 171 Å². The van der Waals surface area contributed by atoms with Crippen molar-refractivity contribution in [3.8, 4) is 34.5 Å². The molecule has 6 aliphatic rings.